The van der Waals surface area contributed by atoms with Crippen LogP contribution < -0.4 is 4.90 Å². The number of benzene rings is 2. The Morgan fingerprint density at radius 3 is 2.46 bits per heavy atom. The van der Waals surface area contributed by atoms with E-state index in [1.165, 1.54) is 12.3 Å². The highest BCUT2D eigenvalue weighted by molar-refractivity contribution is 6.38. The van der Waals surface area contributed by atoms with E-state index in [9.17, 15) is 18.4 Å². The molecule has 1 aliphatic rings. The van der Waals surface area contributed by atoms with E-state index in [-0.39, 0.29) is 22.5 Å². The number of amides is 2. The second-order valence-electron chi connectivity index (χ2n) is 6.25. The average Bonchev–Trinajstić information content (AvgIpc) is 3.24. The van der Waals surface area contributed by atoms with Gasteiger partial charge in [0.2, 0.25) is 0 Å². The Labute approximate surface area is 156 Å². The van der Waals surface area contributed by atoms with Gasteiger partial charge in [-0.2, -0.15) is 5.10 Å². The number of H-pyrrole nitrogens is 1. The van der Waals surface area contributed by atoms with Gasteiger partial charge in [-0.25, -0.2) is 18.7 Å². The largest absolute Gasteiger partial charge is 0.275 e. The van der Waals surface area contributed by atoms with Crippen molar-refractivity contribution in [1.29, 1.82) is 0 Å². The molecule has 0 atom stereocenters. The van der Waals surface area contributed by atoms with Gasteiger partial charge in [0, 0.05) is 17.8 Å². The van der Waals surface area contributed by atoms with Crippen molar-refractivity contribution in [3.63, 3.8) is 0 Å². The summed E-state index contributed by atoms with van der Waals surface area (Å²) in [5, 5.41) is 7.40. The van der Waals surface area contributed by atoms with Crippen LogP contribution in [-0.4, -0.2) is 27.0 Å². The number of imide groups is 1. The lowest BCUT2D eigenvalue weighted by Gasteiger charge is -2.13. The Kier molecular flexibility index (Phi) is 3.35. The minimum atomic E-state index is -1.15. The molecule has 0 radical (unpaired) electrons. The van der Waals surface area contributed by atoms with Crippen LogP contribution >= 0.6 is 0 Å². The zero-order valence-electron chi connectivity index (χ0n) is 14.1. The van der Waals surface area contributed by atoms with Gasteiger partial charge < -0.3 is 0 Å². The summed E-state index contributed by atoms with van der Waals surface area (Å²) in [5.41, 5.74) is 1.77. The van der Waals surface area contributed by atoms with E-state index in [1.807, 2.05) is 30.3 Å². The van der Waals surface area contributed by atoms with Gasteiger partial charge in [0.1, 0.15) is 0 Å². The standard InChI is InChI=1S/C20H10F2N4O2/c21-13-7-6-11(8-14(13)22)26-19(27)12-9-23-18-16(15(12)20(26)28)17(24-25-18)10-4-2-1-3-5-10/h1-9H,(H,23,24,25). The lowest BCUT2D eigenvalue weighted by atomic mass is 10.0. The average molecular weight is 376 g/mol. The third-order valence-corrected chi connectivity index (χ3v) is 4.66. The van der Waals surface area contributed by atoms with Crippen molar-refractivity contribution in [1.82, 2.24) is 15.2 Å². The third-order valence-electron chi connectivity index (χ3n) is 4.66. The third kappa shape index (κ3) is 2.18. The topological polar surface area (TPSA) is 79.0 Å². The van der Waals surface area contributed by atoms with Gasteiger partial charge in [-0.1, -0.05) is 30.3 Å². The first kappa shape index (κ1) is 16.2. The molecule has 0 fully saturated rings. The molecular formula is C20H10F2N4O2. The van der Waals surface area contributed by atoms with Gasteiger partial charge in [-0.3, -0.25) is 14.7 Å². The maximum atomic E-state index is 13.7. The fraction of sp³-hybridized carbons (Fsp3) is 0. The van der Waals surface area contributed by atoms with Gasteiger partial charge in [-0.15, -0.1) is 0 Å². The molecule has 5 rings (SSSR count). The summed E-state index contributed by atoms with van der Waals surface area (Å²) in [7, 11) is 0. The molecule has 3 heterocycles. The first-order valence-electron chi connectivity index (χ1n) is 8.32. The molecule has 2 amide bonds. The van der Waals surface area contributed by atoms with Gasteiger partial charge in [0.15, 0.2) is 17.3 Å². The Morgan fingerprint density at radius 1 is 0.929 bits per heavy atom. The monoisotopic (exact) mass is 376 g/mol. The molecule has 0 saturated carbocycles. The van der Waals surface area contributed by atoms with Crippen molar-refractivity contribution >= 4 is 28.5 Å². The van der Waals surface area contributed by atoms with E-state index in [4.69, 9.17) is 0 Å². The molecule has 6 nitrogen and oxygen atoms in total. The second-order valence-corrected chi connectivity index (χ2v) is 6.25. The zero-order valence-corrected chi connectivity index (χ0v) is 14.1. The Morgan fingerprint density at radius 2 is 1.71 bits per heavy atom. The molecule has 4 aromatic rings. The van der Waals surface area contributed by atoms with E-state index in [2.05, 4.69) is 15.2 Å². The number of hydrogen-bond donors (Lipinski definition) is 1. The van der Waals surface area contributed by atoms with Crippen LogP contribution in [0.5, 0.6) is 0 Å². The SMILES string of the molecule is O=C1c2cnc3n[nH]c(-c4ccccc4)c3c2C(=O)N1c1ccc(F)c(F)c1. The van der Waals surface area contributed by atoms with Gasteiger partial charge >= 0.3 is 0 Å². The van der Waals surface area contributed by atoms with Gasteiger partial charge in [0.05, 0.1) is 27.9 Å². The fourth-order valence-electron chi connectivity index (χ4n) is 3.37. The molecule has 0 saturated heterocycles. The van der Waals surface area contributed by atoms with Crippen LogP contribution in [0.1, 0.15) is 20.7 Å². The molecule has 1 N–H and O–H groups in total. The predicted molar refractivity (Wildman–Crippen MR) is 96.8 cm³/mol. The number of halogens is 2. The number of aromatic nitrogens is 3. The minimum Gasteiger partial charge on any atom is -0.275 e. The van der Waals surface area contributed by atoms with Crippen LogP contribution in [-0.2, 0) is 0 Å². The number of nitrogens with one attached hydrogen (secondary N) is 1. The number of aromatic amines is 1. The molecule has 136 valence electrons. The summed E-state index contributed by atoms with van der Waals surface area (Å²) in [5.74, 6) is -3.51. The summed E-state index contributed by atoms with van der Waals surface area (Å²) in [6, 6.07) is 12.0. The maximum absolute atomic E-state index is 13.7. The van der Waals surface area contributed by atoms with Crippen LogP contribution in [0.3, 0.4) is 0 Å². The van der Waals surface area contributed by atoms with E-state index < -0.39 is 23.4 Å². The van der Waals surface area contributed by atoms with Crippen molar-refractivity contribution in [2.24, 2.45) is 0 Å². The highest BCUT2D eigenvalue weighted by atomic mass is 19.2. The van der Waals surface area contributed by atoms with Gasteiger partial charge in [0.25, 0.3) is 11.8 Å². The maximum Gasteiger partial charge on any atom is 0.267 e. The first-order valence-corrected chi connectivity index (χ1v) is 8.32. The van der Waals surface area contributed by atoms with E-state index >= 15 is 0 Å². The molecule has 0 bridgehead atoms. The van der Waals surface area contributed by atoms with E-state index in [1.54, 1.807) is 0 Å². The molecular weight excluding hydrogens is 366 g/mol. The number of fused-ring (bicyclic) bond motifs is 3. The second kappa shape index (κ2) is 5.78. The van der Waals surface area contributed by atoms with Crippen molar-refractivity contribution < 1.29 is 18.4 Å². The molecule has 2 aromatic carbocycles. The quantitative estimate of drug-likeness (QED) is 0.541. The summed E-state index contributed by atoms with van der Waals surface area (Å²) >= 11 is 0. The zero-order chi connectivity index (χ0) is 19.4. The molecule has 28 heavy (non-hydrogen) atoms. The Balaban J connectivity index is 1.73. The van der Waals surface area contributed by atoms with Crippen molar-refractivity contribution in [3.05, 3.63) is 77.5 Å². The van der Waals surface area contributed by atoms with Crippen molar-refractivity contribution in [3.8, 4) is 11.3 Å². The summed E-state index contributed by atoms with van der Waals surface area (Å²) in [6.07, 6.45) is 1.27. The first-order chi connectivity index (χ1) is 13.6. The highest BCUT2D eigenvalue weighted by Crippen LogP contribution is 2.36. The lowest BCUT2D eigenvalue weighted by Crippen LogP contribution is -2.29. The van der Waals surface area contributed by atoms with Crippen molar-refractivity contribution in [2.45, 2.75) is 0 Å². The van der Waals surface area contributed by atoms with E-state index in [0.717, 1.165) is 22.6 Å². The van der Waals surface area contributed by atoms with Crippen molar-refractivity contribution in [2.75, 3.05) is 4.90 Å². The van der Waals surface area contributed by atoms with Crippen LogP contribution in [0.2, 0.25) is 0 Å². The number of anilines is 1. The number of rotatable bonds is 2. The highest BCUT2D eigenvalue weighted by Gasteiger charge is 2.40. The minimum absolute atomic E-state index is 0.0528. The van der Waals surface area contributed by atoms with Crippen LogP contribution in [0.25, 0.3) is 22.3 Å². The number of nitrogens with zero attached hydrogens (tertiary/aromatic N) is 3. The molecule has 0 unspecified atom stereocenters. The molecule has 1 aliphatic heterocycles. The molecule has 8 heteroatoms. The Hall–Kier alpha value is -3.94. The van der Waals surface area contributed by atoms with Crippen LogP contribution in [0, 0.1) is 11.6 Å². The summed E-state index contributed by atoms with van der Waals surface area (Å²) in [6.45, 7) is 0. The smallest absolute Gasteiger partial charge is 0.267 e. The molecule has 0 spiro atoms. The van der Waals surface area contributed by atoms with Gasteiger partial charge in [-0.05, 0) is 12.1 Å². The number of carbonyl (C=O) groups excluding carboxylic acids is 2. The molecule has 2 aromatic heterocycles. The normalized spacial score (nSPS) is 13.4. The number of hydrogen-bond acceptors (Lipinski definition) is 4. The summed E-state index contributed by atoms with van der Waals surface area (Å²) < 4.78 is 26.9. The van der Waals surface area contributed by atoms with Crippen LogP contribution in [0.4, 0.5) is 14.5 Å². The molecule has 0 aliphatic carbocycles. The van der Waals surface area contributed by atoms with Crippen LogP contribution in [0.15, 0.2) is 54.7 Å². The van der Waals surface area contributed by atoms with E-state index in [0.29, 0.717) is 11.1 Å². The summed E-state index contributed by atoms with van der Waals surface area (Å²) in [4.78, 5) is 30.9. The number of carbonyl (C=O) groups is 2. The predicted octanol–water partition coefficient (Wildman–Crippen LogP) is 3.70. The lowest BCUT2D eigenvalue weighted by molar-refractivity contribution is 0.0926. The Bertz CT molecular complexity index is 1280. The number of pyridine rings is 1. The fourth-order valence-corrected chi connectivity index (χ4v) is 3.37.